The Balaban J connectivity index is -0.000000385. The highest BCUT2D eigenvalue weighted by Gasteiger charge is 2.16. The van der Waals surface area contributed by atoms with E-state index in [1.165, 1.54) is 44.9 Å². The summed E-state index contributed by atoms with van der Waals surface area (Å²) in [6.07, 6.45) is 9.90. The van der Waals surface area contributed by atoms with Crippen LogP contribution in [0.2, 0.25) is 0 Å². The molecule has 0 rings (SSSR count). The van der Waals surface area contributed by atoms with Crippen molar-refractivity contribution >= 4 is 0 Å². The molecule has 0 saturated heterocycles. The van der Waals surface area contributed by atoms with Gasteiger partial charge in [0.1, 0.15) is 0 Å². The number of aliphatic hydroxyl groups is 2. The van der Waals surface area contributed by atoms with Gasteiger partial charge in [-0.1, -0.05) is 39.0 Å². The number of rotatable bonds is 12. The van der Waals surface area contributed by atoms with Crippen molar-refractivity contribution < 1.29 is 31.8 Å². The molecule has 0 aliphatic rings. The normalized spacial score (nSPS) is 12.1. The highest BCUT2D eigenvalue weighted by Crippen LogP contribution is 2.13. The summed E-state index contributed by atoms with van der Waals surface area (Å²) in [6.45, 7) is 5.34. The van der Waals surface area contributed by atoms with Crippen LogP contribution in [-0.4, -0.2) is 68.3 Å². The molecule has 0 aliphatic heterocycles. The molecule has 4 nitrogen and oxygen atoms in total. The van der Waals surface area contributed by atoms with E-state index >= 15 is 0 Å². The predicted molar refractivity (Wildman–Crippen MR) is 90.5 cm³/mol. The summed E-state index contributed by atoms with van der Waals surface area (Å²) >= 11 is 0. The molecule has 0 aromatic carbocycles. The smallest absolute Gasteiger partial charge is 0.0855 e. The van der Waals surface area contributed by atoms with Gasteiger partial charge in [-0.15, -0.1) is 0 Å². The molecule has 0 fully saturated rings. The first-order valence-electron chi connectivity index (χ1n) is 8.50. The molecule has 0 aromatic heterocycles. The van der Waals surface area contributed by atoms with Gasteiger partial charge in [-0.2, -0.15) is 0 Å². The van der Waals surface area contributed by atoms with Gasteiger partial charge in [0.15, 0.2) is 0 Å². The first-order chi connectivity index (χ1) is 9.90. The maximum Gasteiger partial charge on any atom is 0.0855 e. The lowest BCUT2D eigenvalue weighted by Crippen LogP contribution is -3.00. The van der Waals surface area contributed by atoms with Crippen LogP contribution in [0.4, 0.5) is 0 Å². The molecule has 5 heteroatoms. The number of halogens is 1. The van der Waals surface area contributed by atoms with Crippen LogP contribution in [0.15, 0.2) is 0 Å². The van der Waals surface area contributed by atoms with Gasteiger partial charge in [-0.3, -0.25) is 0 Å². The van der Waals surface area contributed by atoms with Gasteiger partial charge in [0.05, 0.1) is 53.6 Å². The quantitative estimate of drug-likeness (QED) is 0.382. The Morgan fingerprint density at radius 2 is 1.32 bits per heavy atom. The van der Waals surface area contributed by atoms with Crippen LogP contribution in [0.1, 0.15) is 58.8 Å². The lowest BCUT2D eigenvalue weighted by atomic mass is 10.1. The molecule has 138 valence electrons. The van der Waals surface area contributed by atoms with Crippen molar-refractivity contribution in [3.05, 3.63) is 0 Å². The molecular formula is C17H40ClNO3. The van der Waals surface area contributed by atoms with Gasteiger partial charge in [-0.05, 0) is 19.8 Å². The van der Waals surface area contributed by atoms with Crippen molar-refractivity contribution in [2.24, 2.45) is 0 Å². The molecule has 0 radical (unpaired) electrons. The van der Waals surface area contributed by atoms with Gasteiger partial charge in [0, 0.05) is 0 Å². The predicted octanol–water partition coefficient (Wildman–Crippen LogP) is -0.177. The van der Waals surface area contributed by atoms with Crippen LogP contribution in [0.25, 0.3) is 0 Å². The fourth-order valence-corrected chi connectivity index (χ4v) is 1.84. The Kier molecular flexibility index (Phi) is 23.5. The van der Waals surface area contributed by atoms with E-state index < -0.39 is 0 Å². The molecule has 1 atom stereocenters. The first-order valence-corrected chi connectivity index (χ1v) is 8.50. The van der Waals surface area contributed by atoms with Crippen molar-refractivity contribution in [2.45, 2.75) is 64.8 Å². The molecule has 2 N–H and O–H groups in total. The van der Waals surface area contributed by atoms with E-state index in [2.05, 4.69) is 39.7 Å². The Morgan fingerprint density at radius 3 is 1.73 bits per heavy atom. The molecular weight excluding hydrogens is 302 g/mol. The largest absolute Gasteiger partial charge is 1.00 e. The zero-order valence-corrected chi connectivity index (χ0v) is 16.2. The fourth-order valence-electron chi connectivity index (χ4n) is 1.84. The van der Waals surface area contributed by atoms with Crippen molar-refractivity contribution in [3.8, 4) is 0 Å². The highest BCUT2D eigenvalue weighted by atomic mass is 35.5. The third-order valence-electron chi connectivity index (χ3n) is 3.77. The minimum absolute atomic E-state index is 0. The molecule has 0 aromatic rings. The van der Waals surface area contributed by atoms with Crippen molar-refractivity contribution in [1.29, 1.82) is 0 Å². The van der Waals surface area contributed by atoms with E-state index in [0.717, 1.165) is 10.5 Å². The Bertz CT molecular complexity index is 195. The van der Waals surface area contributed by atoms with Crippen LogP contribution < -0.4 is 12.4 Å². The standard InChI is InChI=1S/C13H30N.C4H10O3.ClH/c1-6-7-8-9-10-11-12-13(2)14(3,4)5;5-1-3-7-4-2-6;/h13H,6-12H2,1-5H3;5-6H,1-4H2;1H/q+1;;/p-1. The molecule has 22 heavy (non-hydrogen) atoms. The molecule has 1 unspecified atom stereocenters. The highest BCUT2D eigenvalue weighted by molar-refractivity contribution is 4.51. The lowest BCUT2D eigenvalue weighted by Gasteiger charge is -2.31. The summed E-state index contributed by atoms with van der Waals surface area (Å²) in [5.74, 6) is 0. The minimum atomic E-state index is 0. The van der Waals surface area contributed by atoms with E-state index in [1.807, 2.05) is 0 Å². The molecule has 0 amide bonds. The Morgan fingerprint density at radius 1 is 0.864 bits per heavy atom. The van der Waals surface area contributed by atoms with Crippen LogP contribution in [-0.2, 0) is 4.74 Å². The number of hydrogen-bond acceptors (Lipinski definition) is 3. The van der Waals surface area contributed by atoms with Crippen LogP contribution in [0.3, 0.4) is 0 Å². The second kappa shape index (κ2) is 19.2. The maximum atomic E-state index is 8.09. The summed E-state index contributed by atoms with van der Waals surface area (Å²) < 4.78 is 5.74. The van der Waals surface area contributed by atoms with E-state index in [1.54, 1.807) is 0 Å². The maximum absolute atomic E-state index is 8.09. The third-order valence-corrected chi connectivity index (χ3v) is 3.77. The zero-order chi connectivity index (χ0) is 16.6. The number of ether oxygens (including phenoxy) is 1. The monoisotopic (exact) mass is 341 g/mol. The molecule has 0 bridgehead atoms. The average Bonchev–Trinajstić information content (AvgIpc) is 2.43. The summed E-state index contributed by atoms with van der Waals surface area (Å²) in [5, 5.41) is 16.2. The third kappa shape index (κ3) is 22.4. The number of aliphatic hydroxyl groups excluding tert-OH is 2. The summed E-state index contributed by atoms with van der Waals surface area (Å²) in [5.41, 5.74) is 0. The van der Waals surface area contributed by atoms with E-state index in [0.29, 0.717) is 13.2 Å². The van der Waals surface area contributed by atoms with Crippen LogP contribution in [0, 0.1) is 0 Å². The first kappa shape index (κ1) is 27.0. The SMILES string of the molecule is CCCCCCCCC(C)[N+](C)(C)C.OCCOCCO.[Cl-]. The van der Waals surface area contributed by atoms with E-state index in [4.69, 9.17) is 10.2 Å². The number of hydrogen-bond donors (Lipinski definition) is 2. The molecule has 0 heterocycles. The van der Waals surface area contributed by atoms with Gasteiger partial charge in [0.2, 0.25) is 0 Å². The number of unbranched alkanes of at least 4 members (excludes halogenated alkanes) is 5. The Hall–Kier alpha value is 0.130. The Labute approximate surface area is 144 Å². The summed E-state index contributed by atoms with van der Waals surface area (Å²) in [6, 6.07) is 0.807. The average molecular weight is 342 g/mol. The fraction of sp³-hybridized carbons (Fsp3) is 1.00. The van der Waals surface area contributed by atoms with Crippen molar-refractivity contribution in [2.75, 3.05) is 47.6 Å². The van der Waals surface area contributed by atoms with Gasteiger partial charge < -0.3 is 31.8 Å². The topological polar surface area (TPSA) is 49.7 Å². The summed E-state index contributed by atoms with van der Waals surface area (Å²) in [7, 11) is 6.88. The van der Waals surface area contributed by atoms with Crippen LogP contribution >= 0.6 is 0 Å². The second-order valence-corrected chi connectivity index (χ2v) is 6.58. The van der Waals surface area contributed by atoms with E-state index in [-0.39, 0.29) is 25.6 Å². The number of nitrogens with zero attached hydrogens (tertiary/aromatic N) is 1. The van der Waals surface area contributed by atoms with Gasteiger partial charge >= 0.3 is 0 Å². The van der Waals surface area contributed by atoms with Crippen molar-refractivity contribution in [1.82, 2.24) is 0 Å². The lowest BCUT2D eigenvalue weighted by molar-refractivity contribution is -0.894. The van der Waals surface area contributed by atoms with E-state index in [9.17, 15) is 0 Å². The molecule has 0 aliphatic carbocycles. The van der Waals surface area contributed by atoms with Crippen molar-refractivity contribution in [3.63, 3.8) is 0 Å². The molecule has 0 spiro atoms. The zero-order valence-electron chi connectivity index (χ0n) is 15.5. The van der Waals surface area contributed by atoms with Crippen LogP contribution in [0.5, 0.6) is 0 Å². The minimum Gasteiger partial charge on any atom is -1.00 e. The van der Waals surface area contributed by atoms with Gasteiger partial charge in [-0.25, -0.2) is 0 Å². The molecule has 0 saturated carbocycles. The second-order valence-electron chi connectivity index (χ2n) is 6.58. The van der Waals surface area contributed by atoms with Gasteiger partial charge in [0.25, 0.3) is 0 Å². The summed E-state index contributed by atoms with van der Waals surface area (Å²) in [4.78, 5) is 0. The number of quaternary nitrogens is 1.